The minimum atomic E-state index is -4.69. The van der Waals surface area contributed by atoms with Crippen LogP contribution in [-0.2, 0) is 28.7 Å². The van der Waals surface area contributed by atoms with Crippen LogP contribution in [0.25, 0.3) is 11.0 Å². The van der Waals surface area contributed by atoms with Gasteiger partial charge in [-0.3, -0.25) is 0 Å². The summed E-state index contributed by atoms with van der Waals surface area (Å²) < 4.78 is 60.2. The lowest BCUT2D eigenvalue weighted by atomic mass is 10.1. The highest BCUT2D eigenvalue weighted by Gasteiger charge is 2.35. The number of rotatable bonds is 5. The summed E-state index contributed by atoms with van der Waals surface area (Å²) in [5, 5.41) is 0.659. The normalized spacial score (nSPS) is 12.7. The zero-order valence-corrected chi connectivity index (χ0v) is 20.6. The minimum absolute atomic E-state index is 0.0295. The lowest BCUT2D eigenvalue weighted by Gasteiger charge is -2.16. The van der Waals surface area contributed by atoms with Crippen molar-refractivity contribution in [3.63, 3.8) is 0 Å². The highest BCUT2D eigenvalue weighted by Crippen LogP contribution is 2.36. The maximum absolute atomic E-state index is 13.6. The van der Waals surface area contributed by atoms with E-state index in [2.05, 4.69) is 4.98 Å². The molecule has 0 saturated carbocycles. The fourth-order valence-electron chi connectivity index (χ4n) is 3.66. The summed E-state index contributed by atoms with van der Waals surface area (Å²) in [5.41, 5.74) is -0.114. The van der Waals surface area contributed by atoms with E-state index in [9.17, 15) is 22.5 Å². The zero-order valence-electron chi connectivity index (χ0n) is 18.3. The summed E-state index contributed by atoms with van der Waals surface area (Å²) in [4.78, 5) is 16.3. The SMILES string of the molecule is COC(=O)c1ccc(Cl)c(Cc2cc3c(C)cc(C(F)(F)F)nc3n2[S+]([O-])c2ccccc2)c1Cl. The van der Waals surface area contributed by atoms with Crippen molar-refractivity contribution in [3.05, 3.63) is 92.7 Å². The topological polar surface area (TPSA) is 67.2 Å². The van der Waals surface area contributed by atoms with Crippen LogP contribution in [0.1, 0.15) is 32.9 Å². The van der Waals surface area contributed by atoms with Gasteiger partial charge in [0.2, 0.25) is 0 Å². The molecule has 35 heavy (non-hydrogen) atoms. The third-order valence-electron chi connectivity index (χ3n) is 5.36. The molecule has 5 nitrogen and oxygen atoms in total. The number of carbonyl (C=O) groups excluding carboxylic acids is 1. The number of carbonyl (C=O) groups is 1. The van der Waals surface area contributed by atoms with Crippen molar-refractivity contribution in [3.8, 4) is 0 Å². The van der Waals surface area contributed by atoms with Gasteiger partial charge in [0.15, 0.2) is 10.5 Å². The van der Waals surface area contributed by atoms with Crippen LogP contribution in [0.15, 0.2) is 59.5 Å². The smallest absolute Gasteiger partial charge is 0.433 e. The number of methoxy groups -OCH3 is 1. The van der Waals surface area contributed by atoms with Gasteiger partial charge >= 0.3 is 12.1 Å². The molecule has 0 saturated heterocycles. The summed E-state index contributed by atoms with van der Waals surface area (Å²) in [6, 6.07) is 13.7. The zero-order chi connectivity index (χ0) is 25.5. The van der Waals surface area contributed by atoms with Crippen molar-refractivity contribution >= 4 is 51.6 Å². The van der Waals surface area contributed by atoms with Crippen LogP contribution in [0, 0.1) is 6.92 Å². The molecular weight excluding hydrogens is 524 g/mol. The average molecular weight is 541 g/mol. The predicted molar refractivity (Wildman–Crippen MR) is 128 cm³/mol. The maximum atomic E-state index is 13.6. The van der Waals surface area contributed by atoms with Gasteiger partial charge in [-0.15, -0.1) is 3.97 Å². The van der Waals surface area contributed by atoms with Crippen molar-refractivity contribution in [2.75, 3.05) is 7.11 Å². The predicted octanol–water partition coefficient (Wildman–Crippen LogP) is 6.62. The van der Waals surface area contributed by atoms with E-state index in [4.69, 9.17) is 27.9 Å². The Morgan fingerprint density at radius 2 is 1.83 bits per heavy atom. The Balaban J connectivity index is 1.97. The van der Waals surface area contributed by atoms with Crippen LogP contribution in [0.2, 0.25) is 10.0 Å². The summed E-state index contributed by atoms with van der Waals surface area (Å²) in [7, 11) is 1.21. The molecule has 182 valence electrons. The summed E-state index contributed by atoms with van der Waals surface area (Å²) in [5.74, 6) is -0.673. The molecule has 0 aliphatic heterocycles. The van der Waals surface area contributed by atoms with E-state index in [1.165, 1.54) is 30.1 Å². The van der Waals surface area contributed by atoms with Gasteiger partial charge in [0.1, 0.15) is 17.1 Å². The van der Waals surface area contributed by atoms with E-state index in [0.29, 0.717) is 27.1 Å². The number of halogens is 5. The number of ether oxygens (including phenoxy) is 1. The number of aromatic nitrogens is 2. The van der Waals surface area contributed by atoms with Gasteiger partial charge in [-0.1, -0.05) is 41.4 Å². The Morgan fingerprint density at radius 3 is 2.46 bits per heavy atom. The molecule has 11 heteroatoms. The number of pyridine rings is 1. The number of hydrogen-bond acceptors (Lipinski definition) is 4. The Hall–Kier alpha value is -2.72. The number of nitrogens with zero attached hydrogens (tertiary/aromatic N) is 2. The fraction of sp³-hybridized carbons (Fsp3) is 0.167. The molecule has 2 heterocycles. The minimum Gasteiger partial charge on any atom is -0.587 e. The van der Waals surface area contributed by atoms with Crippen LogP contribution >= 0.6 is 23.2 Å². The second-order valence-electron chi connectivity index (χ2n) is 7.61. The third kappa shape index (κ3) is 4.86. The van der Waals surface area contributed by atoms with Crippen molar-refractivity contribution in [1.29, 1.82) is 0 Å². The molecular formula is C24H17Cl2F3N2O3S. The summed E-state index contributed by atoms with van der Waals surface area (Å²) in [6.07, 6.45) is -4.72. The molecule has 4 rings (SSSR count). The lowest BCUT2D eigenvalue weighted by Crippen LogP contribution is -2.18. The Morgan fingerprint density at radius 1 is 1.14 bits per heavy atom. The lowest BCUT2D eigenvalue weighted by molar-refractivity contribution is -0.141. The van der Waals surface area contributed by atoms with Gasteiger partial charge in [0.05, 0.1) is 23.4 Å². The van der Waals surface area contributed by atoms with E-state index < -0.39 is 29.2 Å². The second kappa shape index (κ2) is 9.73. The van der Waals surface area contributed by atoms with Gasteiger partial charge in [0, 0.05) is 16.8 Å². The first-order valence-corrected chi connectivity index (χ1v) is 12.0. The molecule has 0 radical (unpaired) electrons. The molecule has 0 bridgehead atoms. The van der Waals surface area contributed by atoms with E-state index >= 15 is 0 Å². The van der Waals surface area contributed by atoms with Crippen LogP contribution < -0.4 is 0 Å². The first-order valence-electron chi connectivity index (χ1n) is 10.1. The molecule has 0 aliphatic rings. The van der Waals surface area contributed by atoms with Crippen LogP contribution in [0.3, 0.4) is 0 Å². The molecule has 1 unspecified atom stereocenters. The number of aryl methyl sites for hydroxylation is 1. The molecule has 0 spiro atoms. The summed E-state index contributed by atoms with van der Waals surface area (Å²) >= 11 is 10.9. The van der Waals surface area contributed by atoms with Gasteiger partial charge in [-0.05, 0) is 54.4 Å². The second-order valence-corrected chi connectivity index (χ2v) is 9.73. The molecule has 2 aromatic heterocycles. The molecule has 2 aromatic carbocycles. The van der Waals surface area contributed by atoms with Crippen LogP contribution in [0.4, 0.5) is 13.2 Å². The first kappa shape index (κ1) is 25.4. The van der Waals surface area contributed by atoms with Crippen LogP contribution in [0.5, 0.6) is 0 Å². The number of hydrogen-bond donors (Lipinski definition) is 0. The molecule has 0 amide bonds. The Labute approximate surface area is 211 Å². The fourth-order valence-corrected chi connectivity index (χ4v) is 5.47. The van der Waals surface area contributed by atoms with Gasteiger partial charge in [-0.25, -0.2) is 9.78 Å². The Kier molecular flexibility index (Phi) is 7.06. The monoisotopic (exact) mass is 540 g/mol. The van der Waals surface area contributed by atoms with Gasteiger partial charge in [-0.2, -0.15) is 13.2 Å². The van der Waals surface area contributed by atoms with E-state index in [1.54, 1.807) is 36.4 Å². The molecule has 1 atom stereocenters. The third-order valence-corrected chi connectivity index (χ3v) is 7.56. The van der Waals surface area contributed by atoms with Crippen molar-refractivity contribution < 1.29 is 27.3 Å². The number of benzene rings is 2. The highest BCUT2D eigenvalue weighted by molar-refractivity contribution is 7.90. The summed E-state index contributed by atoms with van der Waals surface area (Å²) in [6.45, 7) is 1.52. The van der Waals surface area contributed by atoms with Crippen LogP contribution in [-0.4, -0.2) is 26.6 Å². The van der Waals surface area contributed by atoms with Crippen molar-refractivity contribution in [2.24, 2.45) is 0 Å². The quantitative estimate of drug-likeness (QED) is 0.211. The molecule has 4 aromatic rings. The van der Waals surface area contributed by atoms with E-state index in [-0.39, 0.29) is 27.7 Å². The van der Waals surface area contributed by atoms with Gasteiger partial charge < -0.3 is 9.29 Å². The number of alkyl halides is 3. The van der Waals surface area contributed by atoms with Crippen molar-refractivity contribution in [1.82, 2.24) is 8.96 Å². The Bertz CT molecular complexity index is 1430. The highest BCUT2D eigenvalue weighted by atomic mass is 35.5. The van der Waals surface area contributed by atoms with E-state index in [1.807, 2.05) is 0 Å². The largest absolute Gasteiger partial charge is 0.587 e. The van der Waals surface area contributed by atoms with Gasteiger partial charge in [0.25, 0.3) is 0 Å². The molecule has 0 N–H and O–H groups in total. The van der Waals surface area contributed by atoms with E-state index in [0.717, 1.165) is 6.07 Å². The standard InChI is InChI=1S/C24H17Cl2F3N2O3S/c1-13-10-20(24(27,28)29)30-22-17(13)11-14(31(22)35(33)15-6-4-3-5-7-15)12-18-19(25)9-8-16(21(18)26)23(32)34-2/h3-11H,12H2,1-2H3. The molecule has 0 aliphatic carbocycles. The van der Waals surface area contributed by atoms with Crippen molar-refractivity contribution in [2.45, 2.75) is 24.4 Å². The molecule has 0 fully saturated rings. The maximum Gasteiger partial charge on any atom is 0.433 e. The average Bonchev–Trinajstić information content (AvgIpc) is 3.19. The number of fused-ring (bicyclic) bond motifs is 1. The first-order chi connectivity index (χ1) is 16.5. The number of esters is 1.